The van der Waals surface area contributed by atoms with E-state index in [1.807, 2.05) is 0 Å². The monoisotopic (exact) mass is 441 g/mol. The summed E-state index contributed by atoms with van der Waals surface area (Å²) in [6.45, 7) is 2.02. The van der Waals surface area contributed by atoms with Crippen LogP contribution < -0.4 is 9.47 Å². The molecule has 0 atom stereocenters. The van der Waals surface area contributed by atoms with Crippen molar-refractivity contribution in [3.8, 4) is 22.8 Å². The smallest absolute Gasteiger partial charge is 0.175 e. The van der Waals surface area contributed by atoms with Gasteiger partial charge in [-0.05, 0) is 42.8 Å². The molecule has 1 aromatic heterocycles. The summed E-state index contributed by atoms with van der Waals surface area (Å²) < 4.78 is 49.2. The van der Waals surface area contributed by atoms with Crippen molar-refractivity contribution >= 4 is 15.6 Å². The third kappa shape index (κ3) is 4.29. The highest BCUT2D eigenvalue weighted by Gasteiger charge is 2.25. The van der Waals surface area contributed by atoms with E-state index in [-0.39, 0.29) is 41.6 Å². The highest BCUT2D eigenvalue weighted by atomic mass is 32.2. The van der Waals surface area contributed by atoms with Gasteiger partial charge in [-0.25, -0.2) is 12.8 Å². The van der Waals surface area contributed by atoms with Crippen LogP contribution in [-0.4, -0.2) is 32.0 Å². The highest BCUT2D eigenvalue weighted by Crippen LogP contribution is 2.37. The normalized spacial score (nSPS) is 13.5. The van der Waals surface area contributed by atoms with Crippen molar-refractivity contribution in [2.45, 2.75) is 24.8 Å². The van der Waals surface area contributed by atoms with Crippen LogP contribution in [0.25, 0.3) is 11.3 Å². The van der Waals surface area contributed by atoms with Gasteiger partial charge in [0.2, 0.25) is 0 Å². The number of hydrogen-bond donors (Lipinski definition) is 0. The molecule has 6 nitrogen and oxygen atoms in total. The van der Waals surface area contributed by atoms with Crippen LogP contribution in [0.2, 0.25) is 0 Å². The molecule has 0 spiro atoms. The Morgan fingerprint density at radius 2 is 1.90 bits per heavy atom. The van der Waals surface area contributed by atoms with E-state index in [2.05, 4.69) is 4.98 Å². The average molecular weight is 441 g/mol. The first-order chi connectivity index (χ1) is 14.7. The molecule has 1 aliphatic heterocycles. The summed E-state index contributed by atoms with van der Waals surface area (Å²) in [6.07, 6.45) is 2.99. The second kappa shape index (κ2) is 8.11. The molecule has 0 radical (unpaired) electrons. The van der Waals surface area contributed by atoms with E-state index in [1.165, 1.54) is 18.2 Å². The van der Waals surface area contributed by atoms with E-state index in [9.17, 15) is 17.6 Å². The minimum Gasteiger partial charge on any atom is -0.492 e. The second-order valence-electron chi connectivity index (χ2n) is 7.35. The van der Waals surface area contributed by atoms with Gasteiger partial charge in [-0.2, -0.15) is 0 Å². The molecule has 4 rings (SSSR count). The Hall–Kier alpha value is -3.26. The first-order valence-electron chi connectivity index (χ1n) is 9.61. The van der Waals surface area contributed by atoms with Crippen LogP contribution in [0, 0.1) is 12.7 Å². The van der Waals surface area contributed by atoms with E-state index >= 15 is 0 Å². The number of nitrogens with zero attached hydrogens (tertiary/aromatic N) is 1. The number of fused-ring (bicyclic) bond motifs is 1. The topological polar surface area (TPSA) is 82.6 Å². The molecule has 0 saturated carbocycles. The van der Waals surface area contributed by atoms with Gasteiger partial charge in [0.1, 0.15) is 12.4 Å². The van der Waals surface area contributed by atoms with Crippen molar-refractivity contribution in [2.24, 2.45) is 0 Å². The number of aromatic nitrogens is 1. The molecule has 0 amide bonds. The molecule has 8 heteroatoms. The predicted molar refractivity (Wildman–Crippen MR) is 113 cm³/mol. The standard InChI is InChI=1S/C23H20FNO5S/c1-14-22-18(21(26)8-10-29-22)12-19(24)23(14)30-13-15-7-9-25-20(11-15)16-3-5-17(6-4-16)31(2,27)28/h3-7,9,11-12H,8,10,13H2,1-2H3. The van der Waals surface area contributed by atoms with Crippen LogP contribution in [0.1, 0.15) is 27.9 Å². The lowest BCUT2D eigenvalue weighted by Gasteiger charge is -2.21. The van der Waals surface area contributed by atoms with Gasteiger partial charge in [0.25, 0.3) is 0 Å². The van der Waals surface area contributed by atoms with Gasteiger partial charge in [0, 0.05) is 30.0 Å². The van der Waals surface area contributed by atoms with Crippen molar-refractivity contribution in [1.29, 1.82) is 0 Å². The van der Waals surface area contributed by atoms with E-state index in [0.717, 1.165) is 17.4 Å². The zero-order chi connectivity index (χ0) is 22.2. The number of Topliss-reactive ketones (excluding diaryl/α,β-unsaturated/α-hetero) is 1. The van der Waals surface area contributed by atoms with E-state index in [0.29, 0.717) is 17.0 Å². The van der Waals surface area contributed by atoms with Gasteiger partial charge in [-0.3, -0.25) is 9.78 Å². The lowest BCUT2D eigenvalue weighted by Crippen LogP contribution is -2.17. The Balaban J connectivity index is 1.56. The number of hydrogen-bond acceptors (Lipinski definition) is 6. The number of ketones is 1. The zero-order valence-electron chi connectivity index (χ0n) is 17.0. The lowest BCUT2D eigenvalue weighted by molar-refractivity contribution is 0.0931. The molecular formula is C23H20FNO5S. The number of halogens is 1. The van der Waals surface area contributed by atoms with Gasteiger partial charge in [0.15, 0.2) is 27.2 Å². The first kappa shape index (κ1) is 21.0. The molecule has 0 saturated heterocycles. The van der Waals surface area contributed by atoms with E-state index < -0.39 is 15.7 Å². The fourth-order valence-corrected chi connectivity index (χ4v) is 4.07. The van der Waals surface area contributed by atoms with Crippen molar-refractivity contribution in [3.63, 3.8) is 0 Å². The molecule has 2 aromatic carbocycles. The van der Waals surface area contributed by atoms with Gasteiger partial charge < -0.3 is 9.47 Å². The Labute approximate surface area is 179 Å². The number of carbonyl (C=O) groups excluding carboxylic acids is 1. The fourth-order valence-electron chi connectivity index (χ4n) is 3.44. The quantitative estimate of drug-likeness (QED) is 0.592. The van der Waals surface area contributed by atoms with Crippen molar-refractivity contribution < 1.29 is 27.1 Å². The Morgan fingerprint density at radius 3 is 2.61 bits per heavy atom. The predicted octanol–water partition coefficient (Wildman–Crippen LogP) is 4.14. The van der Waals surface area contributed by atoms with Crippen LogP contribution in [0.15, 0.2) is 53.6 Å². The van der Waals surface area contributed by atoms with Crippen LogP contribution in [0.3, 0.4) is 0 Å². The van der Waals surface area contributed by atoms with Gasteiger partial charge in [-0.1, -0.05) is 12.1 Å². The minimum absolute atomic E-state index is 0.0457. The van der Waals surface area contributed by atoms with Crippen molar-refractivity contribution in [1.82, 2.24) is 4.98 Å². The summed E-state index contributed by atoms with van der Waals surface area (Å²) in [5.74, 6) is -0.338. The number of rotatable bonds is 5. The third-order valence-corrected chi connectivity index (χ3v) is 6.20. The molecule has 160 valence electrons. The largest absolute Gasteiger partial charge is 0.492 e. The van der Waals surface area contributed by atoms with Crippen LogP contribution in [0.4, 0.5) is 4.39 Å². The molecule has 0 unspecified atom stereocenters. The molecule has 0 aliphatic carbocycles. The highest BCUT2D eigenvalue weighted by molar-refractivity contribution is 7.90. The molecule has 0 N–H and O–H groups in total. The maximum absolute atomic E-state index is 14.6. The number of pyridine rings is 1. The van der Waals surface area contributed by atoms with E-state index in [4.69, 9.17) is 9.47 Å². The number of ether oxygens (including phenoxy) is 2. The second-order valence-corrected chi connectivity index (χ2v) is 9.36. The molecular weight excluding hydrogens is 421 g/mol. The van der Waals surface area contributed by atoms with Crippen molar-refractivity contribution in [3.05, 3.63) is 71.2 Å². The fraction of sp³-hybridized carbons (Fsp3) is 0.217. The molecule has 1 aliphatic rings. The summed E-state index contributed by atoms with van der Waals surface area (Å²) in [7, 11) is -3.27. The SMILES string of the molecule is Cc1c(OCc2ccnc(-c3ccc(S(C)(=O)=O)cc3)c2)c(F)cc2c1OCCC2=O. The van der Waals surface area contributed by atoms with Gasteiger partial charge >= 0.3 is 0 Å². The molecule has 3 aromatic rings. The molecule has 0 bridgehead atoms. The molecule has 31 heavy (non-hydrogen) atoms. The Bertz CT molecular complexity index is 1270. The number of sulfone groups is 1. The maximum Gasteiger partial charge on any atom is 0.175 e. The van der Waals surface area contributed by atoms with Gasteiger partial charge in [-0.15, -0.1) is 0 Å². The lowest BCUT2D eigenvalue weighted by atomic mass is 10.0. The van der Waals surface area contributed by atoms with E-state index in [1.54, 1.807) is 37.4 Å². The van der Waals surface area contributed by atoms with Crippen LogP contribution >= 0.6 is 0 Å². The minimum atomic E-state index is -3.27. The van der Waals surface area contributed by atoms with Crippen LogP contribution in [0.5, 0.6) is 11.5 Å². The molecule has 2 heterocycles. The Kier molecular flexibility index (Phi) is 5.49. The summed E-state index contributed by atoms with van der Waals surface area (Å²) in [5.41, 5.74) is 2.84. The van der Waals surface area contributed by atoms with Crippen LogP contribution in [-0.2, 0) is 16.4 Å². The summed E-state index contributed by atoms with van der Waals surface area (Å²) in [6, 6.07) is 11.1. The summed E-state index contributed by atoms with van der Waals surface area (Å²) in [4.78, 5) is 16.6. The maximum atomic E-state index is 14.6. The van der Waals surface area contributed by atoms with Crippen molar-refractivity contribution in [2.75, 3.05) is 12.9 Å². The molecule has 0 fully saturated rings. The number of benzene rings is 2. The third-order valence-electron chi connectivity index (χ3n) is 5.08. The summed E-state index contributed by atoms with van der Waals surface area (Å²) >= 11 is 0. The zero-order valence-corrected chi connectivity index (χ0v) is 17.8. The Morgan fingerprint density at radius 1 is 1.16 bits per heavy atom. The summed E-state index contributed by atoms with van der Waals surface area (Å²) in [5, 5.41) is 0. The average Bonchev–Trinajstić information content (AvgIpc) is 2.74. The van der Waals surface area contributed by atoms with Gasteiger partial charge in [0.05, 0.1) is 22.8 Å². The first-order valence-corrected chi connectivity index (χ1v) is 11.5. The number of carbonyl (C=O) groups is 1.